The molecule has 0 aliphatic heterocycles. The molecule has 144 valence electrons. The Morgan fingerprint density at radius 2 is 1.68 bits per heavy atom. The topological polar surface area (TPSA) is 128 Å². The number of rotatable bonds is 6. The van der Waals surface area contributed by atoms with E-state index in [-0.39, 0.29) is 11.3 Å². The highest BCUT2D eigenvalue weighted by Gasteiger charge is 2.18. The molecule has 2 aromatic rings. The van der Waals surface area contributed by atoms with Crippen molar-refractivity contribution in [3.05, 3.63) is 81.9 Å². The van der Waals surface area contributed by atoms with Crippen molar-refractivity contribution in [1.82, 2.24) is 10.9 Å². The van der Waals surface area contributed by atoms with Crippen LogP contribution in [0.1, 0.15) is 22.8 Å². The van der Waals surface area contributed by atoms with Crippen LogP contribution in [0.3, 0.4) is 0 Å². The van der Waals surface area contributed by atoms with E-state index in [1.165, 1.54) is 31.2 Å². The third kappa shape index (κ3) is 5.77. The third-order valence-corrected chi connectivity index (χ3v) is 3.53. The fourth-order valence-electron chi connectivity index (χ4n) is 2.10. The number of ether oxygens (including phenoxy) is 1. The van der Waals surface area contributed by atoms with Gasteiger partial charge >= 0.3 is 5.97 Å². The number of hydrogen-bond donors (Lipinski definition) is 2. The van der Waals surface area contributed by atoms with E-state index in [4.69, 9.17) is 4.74 Å². The summed E-state index contributed by atoms with van der Waals surface area (Å²) < 4.78 is 4.91. The number of nitrogens with one attached hydrogen (secondary N) is 2. The lowest BCUT2D eigenvalue weighted by molar-refractivity contribution is -0.385. The summed E-state index contributed by atoms with van der Waals surface area (Å²) >= 11 is 0. The van der Waals surface area contributed by atoms with Crippen LogP contribution < -0.4 is 10.9 Å². The summed E-state index contributed by atoms with van der Waals surface area (Å²) in [6.45, 7) is 1.32. The van der Waals surface area contributed by atoms with E-state index in [2.05, 4.69) is 10.9 Å². The van der Waals surface area contributed by atoms with Crippen molar-refractivity contribution in [3.8, 4) is 0 Å². The molecule has 2 N–H and O–H groups in total. The molecular weight excluding hydrogens is 366 g/mol. The van der Waals surface area contributed by atoms with Crippen molar-refractivity contribution in [2.45, 2.75) is 13.0 Å². The zero-order valence-corrected chi connectivity index (χ0v) is 14.8. The van der Waals surface area contributed by atoms with Crippen LogP contribution in [0.2, 0.25) is 0 Å². The van der Waals surface area contributed by atoms with Gasteiger partial charge in [-0.05, 0) is 31.2 Å². The molecule has 2 aromatic carbocycles. The number of hydrogen-bond acceptors (Lipinski definition) is 6. The first-order valence-electron chi connectivity index (χ1n) is 8.16. The largest absolute Gasteiger partial charge is 0.449 e. The Hall–Kier alpha value is -4.01. The van der Waals surface area contributed by atoms with Gasteiger partial charge in [0.05, 0.1) is 10.5 Å². The number of nitro benzene ring substituents is 1. The predicted molar refractivity (Wildman–Crippen MR) is 99.7 cm³/mol. The molecule has 9 heteroatoms. The van der Waals surface area contributed by atoms with Crippen LogP contribution in [-0.4, -0.2) is 28.8 Å². The maximum atomic E-state index is 11.9. The molecule has 0 aliphatic rings. The van der Waals surface area contributed by atoms with Gasteiger partial charge in [0.15, 0.2) is 6.10 Å². The molecule has 0 spiro atoms. The summed E-state index contributed by atoms with van der Waals surface area (Å²) in [7, 11) is 0. The fourth-order valence-corrected chi connectivity index (χ4v) is 2.10. The molecule has 1 atom stereocenters. The fraction of sp³-hybridized carbons (Fsp3) is 0.105. The minimum Gasteiger partial charge on any atom is -0.449 e. The lowest BCUT2D eigenvalue weighted by Gasteiger charge is -2.13. The SMILES string of the molecule is C[C@@H](OC(=O)/C=C/c1ccccc1[N+](=O)[O-])C(=O)NNC(=O)c1ccccc1. The quantitative estimate of drug-likeness (QED) is 0.340. The Labute approximate surface area is 160 Å². The highest BCUT2D eigenvalue weighted by Crippen LogP contribution is 2.18. The molecule has 0 aliphatic carbocycles. The van der Waals surface area contributed by atoms with Gasteiger partial charge in [0, 0.05) is 17.7 Å². The summed E-state index contributed by atoms with van der Waals surface area (Å²) in [5.74, 6) is -2.13. The molecule has 0 saturated carbocycles. The standard InChI is InChI=1S/C19H17N3O6/c1-13(18(24)20-21-19(25)15-8-3-2-4-9-15)28-17(23)12-11-14-7-5-6-10-16(14)22(26)27/h2-13H,1H3,(H,20,24)(H,21,25)/b12-11+/t13-/m1/s1. The maximum absolute atomic E-state index is 11.9. The van der Waals surface area contributed by atoms with Crippen LogP contribution in [0.15, 0.2) is 60.7 Å². The van der Waals surface area contributed by atoms with Gasteiger partial charge in [0.2, 0.25) is 0 Å². The second-order valence-corrected chi connectivity index (χ2v) is 5.54. The van der Waals surface area contributed by atoms with Crippen molar-refractivity contribution in [2.24, 2.45) is 0 Å². The summed E-state index contributed by atoms with van der Waals surface area (Å²) in [5, 5.41) is 10.9. The van der Waals surface area contributed by atoms with Crippen LogP contribution in [-0.2, 0) is 14.3 Å². The Balaban J connectivity index is 1.87. The van der Waals surface area contributed by atoms with E-state index in [0.29, 0.717) is 5.56 Å². The number of carbonyl (C=O) groups is 3. The average molecular weight is 383 g/mol. The van der Waals surface area contributed by atoms with Crippen LogP contribution >= 0.6 is 0 Å². The van der Waals surface area contributed by atoms with E-state index in [1.807, 2.05) is 0 Å². The zero-order chi connectivity index (χ0) is 20.5. The van der Waals surface area contributed by atoms with Gasteiger partial charge in [0.25, 0.3) is 17.5 Å². The van der Waals surface area contributed by atoms with Gasteiger partial charge in [-0.1, -0.05) is 30.3 Å². The smallest absolute Gasteiger partial charge is 0.331 e. The maximum Gasteiger partial charge on any atom is 0.331 e. The highest BCUT2D eigenvalue weighted by atomic mass is 16.6. The molecule has 0 heterocycles. The van der Waals surface area contributed by atoms with Crippen LogP contribution in [0.5, 0.6) is 0 Å². The number of nitro groups is 1. The van der Waals surface area contributed by atoms with Crippen molar-refractivity contribution in [1.29, 1.82) is 0 Å². The minimum atomic E-state index is -1.20. The average Bonchev–Trinajstić information content (AvgIpc) is 2.70. The first-order valence-corrected chi connectivity index (χ1v) is 8.16. The third-order valence-electron chi connectivity index (χ3n) is 3.53. The number of para-hydroxylation sites is 1. The minimum absolute atomic E-state index is 0.166. The summed E-state index contributed by atoms with van der Waals surface area (Å²) in [6.07, 6.45) is 1.01. The first-order chi connectivity index (χ1) is 13.4. The van der Waals surface area contributed by atoms with Crippen molar-refractivity contribution in [3.63, 3.8) is 0 Å². The zero-order valence-electron chi connectivity index (χ0n) is 14.8. The Morgan fingerprint density at radius 1 is 1.04 bits per heavy atom. The molecule has 0 radical (unpaired) electrons. The van der Waals surface area contributed by atoms with Crippen molar-refractivity contribution < 1.29 is 24.0 Å². The van der Waals surface area contributed by atoms with Gasteiger partial charge < -0.3 is 4.74 Å². The Morgan fingerprint density at radius 3 is 2.36 bits per heavy atom. The van der Waals surface area contributed by atoms with E-state index >= 15 is 0 Å². The molecule has 0 unspecified atom stereocenters. The van der Waals surface area contributed by atoms with Gasteiger partial charge in [-0.15, -0.1) is 0 Å². The molecule has 2 amide bonds. The Kier molecular flexibility index (Phi) is 6.98. The number of benzene rings is 2. The first kappa shape index (κ1) is 20.3. The monoisotopic (exact) mass is 383 g/mol. The summed E-state index contributed by atoms with van der Waals surface area (Å²) in [5.41, 5.74) is 4.76. The van der Waals surface area contributed by atoms with E-state index in [0.717, 1.165) is 6.08 Å². The summed E-state index contributed by atoms with van der Waals surface area (Å²) in [4.78, 5) is 45.9. The van der Waals surface area contributed by atoms with E-state index in [1.54, 1.807) is 36.4 Å². The molecular formula is C19H17N3O6. The number of carbonyl (C=O) groups excluding carboxylic acids is 3. The number of esters is 1. The van der Waals surface area contributed by atoms with Crippen LogP contribution in [0, 0.1) is 10.1 Å². The van der Waals surface area contributed by atoms with Crippen LogP contribution in [0.4, 0.5) is 5.69 Å². The van der Waals surface area contributed by atoms with Gasteiger partial charge in [-0.2, -0.15) is 0 Å². The molecule has 0 bridgehead atoms. The van der Waals surface area contributed by atoms with Gasteiger partial charge in [-0.25, -0.2) is 4.79 Å². The molecule has 9 nitrogen and oxygen atoms in total. The number of amides is 2. The van der Waals surface area contributed by atoms with E-state index < -0.39 is 28.8 Å². The Bertz CT molecular complexity index is 911. The van der Waals surface area contributed by atoms with Crippen molar-refractivity contribution >= 4 is 29.5 Å². The van der Waals surface area contributed by atoms with Gasteiger partial charge in [0.1, 0.15) is 0 Å². The second kappa shape index (κ2) is 9.62. The highest BCUT2D eigenvalue weighted by molar-refractivity contribution is 5.96. The predicted octanol–water partition coefficient (Wildman–Crippen LogP) is 2.00. The molecule has 0 saturated heterocycles. The van der Waals surface area contributed by atoms with Crippen molar-refractivity contribution in [2.75, 3.05) is 0 Å². The molecule has 0 aromatic heterocycles. The lowest BCUT2D eigenvalue weighted by Crippen LogP contribution is -2.46. The van der Waals surface area contributed by atoms with Crippen LogP contribution in [0.25, 0.3) is 6.08 Å². The molecule has 28 heavy (non-hydrogen) atoms. The number of nitrogens with zero attached hydrogens (tertiary/aromatic N) is 1. The lowest BCUT2D eigenvalue weighted by atomic mass is 10.1. The second-order valence-electron chi connectivity index (χ2n) is 5.54. The molecule has 2 rings (SSSR count). The number of hydrazine groups is 1. The molecule has 0 fully saturated rings. The summed E-state index contributed by atoms with van der Waals surface area (Å²) in [6, 6.07) is 14.1. The van der Waals surface area contributed by atoms with Gasteiger partial charge in [-0.3, -0.25) is 30.6 Å². The van der Waals surface area contributed by atoms with E-state index in [9.17, 15) is 24.5 Å². The normalized spacial score (nSPS) is 11.5.